The molecule has 0 aliphatic rings. The van der Waals surface area contributed by atoms with Crippen LogP contribution >= 0.6 is 0 Å². The molecular weight excluding hydrogens is 248 g/mol. The molecule has 0 amide bonds. The fourth-order valence-electron chi connectivity index (χ4n) is 1.98. The molecule has 0 aliphatic carbocycles. The zero-order chi connectivity index (χ0) is 14.9. The van der Waals surface area contributed by atoms with Gasteiger partial charge in [-0.25, -0.2) is 0 Å². The molecule has 0 aromatic rings. The normalized spacial score (nSPS) is 10.8. The molecule has 0 aromatic heterocycles. The Morgan fingerprint density at radius 2 is 1.45 bits per heavy atom. The van der Waals surface area contributed by atoms with Crippen molar-refractivity contribution in [1.29, 1.82) is 0 Å². The lowest BCUT2D eigenvalue weighted by Gasteiger charge is -2.00. The zero-order valence-corrected chi connectivity index (χ0v) is 13.2. The van der Waals surface area contributed by atoms with Gasteiger partial charge in [0.15, 0.2) is 0 Å². The molecule has 2 nitrogen and oxygen atoms in total. The zero-order valence-electron chi connectivity index (χ0n) is 13.2. The molecule has 2 heteroatoms. The van der Waals surface area contributed by atoms with E-state index in [1.54, 1.807) is 0 Å². The molecule has 0 bridgehead atoms. The first-order valence-electron chi connectivity index (χ1n) is 8.22. The van der Waals surface area contributed by atoms with Crippen molar-refractivity contribution in [2.75, 3.05) is 6.61 Å². The van der Waals surface area contributed by atoms with E-state index in [9.17, 15) is 4.79 Å². The Hall–Kier alpha value is -1.05. The molecule has 0 heterocycles. The number of hydrogen-bond donors (Lipinski definition) is 0. The maximum Gasteiger partial charge on any atom is 0.305 e. The highest BCUT2D eigenvalue weighted by Gasteiger charge is 1.95. The van der Waals surface area contributed by atoms with Gasteiger partial charge in [0.25, 0.3) is 0 Å². The van der Waals surface area contributed by atoms with Crippen LogP contribution in [-0.4, -0.2) is 12.6 Å². The first kappa shape index (κ1) is 18.9. The summed E-state index contributed by atoms with van der Waals surface area (Å²) in [5, 5.41) is 0. The Labute approximate surface area is 125 Å². The Morgan fingerprint density at radius 3 is 2.05 bits per heavy atom. The Balaban J connectivity index is 3.12. The summed E-state index contributed by atoms with van der Waals surface area (Å²) in [5.41, 5.74) is 0. The summed E-state index contributed by atoms with van der Waals surface area (Å²) in [5.74, 6) is -0.0953. The molecule has 0 aromatic carbocycles. The molecule has 0 rings (SSSR count). The van der Waals surface area contributed by atoms with Crippen molar-refractivity contribution in [3.8, 4) is 0 Å². The number of ether oxygens (including phenoxy) is 1. The standard InChI is InChI=1S/C18H32O2/c1-3-5-6-7-8-9-10-11-12-13-14-15-16-17-20-18(19)4-2/h3,13-14H,1,4-12,15-17H2,2H3. The van der Waals surface area contributed by atoms with Crippen LogP contribution in [0.15, 0.2) is 24.8 Å². The van der Waals surface area contributed by atoms with Crippen molar-refractivity contribution in [3.63, 3.8) is 0 Å². The lowest BCUT2D eigenvalue weighted by atomic mass is 10.1. The van der Waals surface area contributed by atoms with E-state index in [0.717, 1.165) is 19.3 Å². The second-order valence-electron chi connectivity index (χ2n) is 5.18. The minimum absolute atomic E-state index is 0.0953. The molecule has 0 aliphatic heterocycles. The predicted molar refractivity (Wildman–Crippen MR) is 86.8 cm³/mol. The highest BCUT2D eigenvalue weighted by atomic mass is 16.5. The van der Waals surface area contributed by atoms with E-state index < -0.39 is 0 Å². The van der Waals surface area contributed by atoms with Gasteiger partial charge in [0, 0.05) is 6.42 Å². The number of allylic oxidation sites excluding steroid dienone is 3. The lowest BCUT2D eigenvalue weighted by molar-refractivity contribution is -0.143. The molecule has 0 N–H and O–H groups in total. The predicted octanol–water partition coefficient (Wildman–Crippen LogP) is 5.58. The van der Waals surface area contributed by atoms with E-state index >= 15 is 0 Å². The largest absolute Gasteiger partial charge is 0.466 e. The highest BCUT2D eigenvalue weighted by molar-refractivity contribution is 5.68. The SMILES string of the molecule is C=CCCCCCCCCC=CCCCOC(=O)CC. The van der Waals surface area contributed by atoms with Gasteiger partial charge in [-0.2, -0.15) is 0 Å². The number of carbonyl (C=O) groups excluding carboxylic acids is 1. The van der Waals surface area contributed by atoms with Crippen molar-refractivity contribution >= 4 is 5.97 Å². The first-order chi connectivity index (χ1) is 9.81. The van der Waals surface area contributed by atoms with Crippen LogP contribution in [0.4, 0.5) is 0 Å². The van der Waals surface area contributed by atoms with Crippen molar-refractivity contribution in [1.82, 2.24) is 0 Å². The van der Waals surface area contributed by atoms with Crippen LogP contribution in [0.3, 0.4) is 0 Å². The van der Waals surface area contributed by atoms with E-state index in [2.05, 4.69) is 18.7 Å². The minimum Gasteiger partial charge on any atom is -0.466 e. The highest BCUT2D eigenvalue weighted by Crippen LogP contribution is 2.09. The molecule has 20 heavy (non-hydrogen) atoms. The van der Waals surface area contributed by atoms with Gasteiger partial charge in [-0.15, -0.1) is 6.58 Å². The quantitative estimate of drug-likeness (QED) is 0.236. The van der Waals surface area contributed by atoms with Crippen LogP contribution < -0.4 is 0 Å². The van der Waals surface area contributed by atoms with E-state index in [0.29, 0.717) is 13.0 Å². The molecule has 0 saturated heterocycles. The smallest absolute Gasteiger partial charge is 0.305 e. The van der Waals surface area contributed by atoms with Crippen LogP contribution in [0, 0.1) is 0 Å². The van der Waals surface area contributed by atoms with Gasteiger partial charge in [-0.1, -0.05) is 50.8 Å². The molecule has 0 atom stereocenters. The summed E-state index contributed by atoms with van der Waals surface area (Å²) in [6, 6.07) is 0. The average Bonchev–Trinajstić information content (AvgIpc) is 2.47. The Bertz CT molecular complexity index is 256. The maximum atomic E-state index is 10.9. The number of carbonyl (C=O) groups is 1. The minimum atomic E-state index is -0.0953. The molecule has 0 fully saturated rings. The summed E-state index contributed by atoms with van der Waals surface area (Å²) < 4.78 is 5.01. The molecule has 0 spiro atoms. The van der Waals surface area contributed by atoms with Crippen LogP contribution in [-0.2, 0) is 9.53 Å². The van der Waals surface area contributed by atoms with Gasteiger partial charge in [-0.3, -0.25) is 4.79 Å². The lowest BCUT2D eigenvalue weighted by Crippen LogP contribution is -2.03. The Kier molecular flexibility index (Phi) is 15.2. The van der Waals surface area contributed by atoms with Crippen LogP contribution in [0.5, 0.6) is 0 Å². The number of esters is 1. The van der Waals surface area contributed by atoms with Gasteiger partial charge >= 0.3 is 5.97 Å². The topological polar surface area (TPSA) is 26.3 Å². The van der Waals surface area contributed by atoms with Gasteiger partial charge in [0.1, 0.15) is 0 Å². The molecule has 0 radical (unpaired) electrons. The summed E-state index contributed by atoms with van der Waals surface area (Å²) >= 11 is 0. The summed E-state index contributed by atoms with van der Waals surface area (Å²) in [7, 11) is 0. The first-order valence-corrected chi connectivity index (χ1v) is 8.22. The molecule has 0 unspecified atom stereocenters. The van der Waals surface area contributed by atoms with E-state index in [4.69, 9.17) is 4.74 Å². The summed E-state index contributed by atoms with van der Waals surface area (Å²) in [6.07, 6.45) is 19.3. The summed E-state index contributed by atoms with van der Waals surface area (Å²) in [6.45, 7) is 6.11. The number of unbranched alkanes of at least 4 members (excludes halogenated alkanes) is 8. The van der Waals surface area contributed by atoms with E-state index in [1.165, 1.54) is 44.9 Å². The molecule has 0 saturated carbocycles. The third-order valence-corrected chi connectivity index (χ3v) is 3.26. The fraction of sp³-hybridized carbons (Fsp3) is 0.722. The van der Waals surface area contributed by atoms with Gasteiger partial charge in [-0.05, 0) is 38.5 Å². The van der Waals surface area contributed by atoms with Crippen LogP contribution in [0.2, 0.25) is 0 Å². The maximum absolute atomic E-state index is 10.9. The van der Waals surface area contributed by atoms with Crippen LogP contribution in [0.1, 0.15) is 77.6 Å². The second kappa shape index (κ2) is 16.0. The van der Waals surface area contributed by atoms with Crippen molar-refractivity contribution < 1.29 is 9.53 Å². The number of rotatable bonds is 14. The van der Waals surface area contributed by atoms with Gasteiger partial charge in [0.05, 0.1) is 6.61 Å². The monoisotopic (exact) mass is 280 g/mol. The number of hydrogen-bond acceptors (Lipinski definition) is 2. The van der Waals surface area contributed by atoms with Gasteiger partial charge in [0.2, 0.25) is 0 Å². The third kappa shape index (κ3) is 15.0. The van der Waals surface area contributed by atoms with E-state index in [1.807, 2.05) is 13.0 Å². The fourth-order valence-corrected chi connectivity index (χ4v) is 1.98. The second-order valence-corrected chi connectivity index (χ2v) is 5.18. The summed E-state index contributed by atoms with van der Waals surface area (Å²) in [4.78, 5) is 10.9. The third-order valence-electron chi connectivity index (χ3n) is 3.26. The Morgan fingerprint density at radius 1 is 0.900 bits per heavy atom. The van der Waals surface area contributed by atoms with Gasteiger partial charge < -0.3 is 4.74 Å². The average molecular weight is 280 g/mol. The van der Waals surface area contributed by atoms with Crippen LogP contribution in [0.25, 0.3) is 0 Å². The van der Waals surface area contributed by atoms with Crippen molar-refractivity contribution in [2.24, 2.45) is 0 Å². The molecule has 116 valence electrons. The van der Waals surface area contributed by atoms with Crippen molar-refractivity contribution in [2.45, 2.75) is 77.6 Å². The molecular formula is C18H32O2. The van der Waals surface area contributed by atoms with Crippen molar-refractivity contribution in [3.05, 3.63) is 24.8 Å². The van der Waals surface area contributed by atoms with E-state index in [-0.39, 0.29) is 5.97 Å².